The van der Waals surface area contributed by atoms with Crippen molar-refractivity contribution in [2.75, 3.05) is 0 Å². The van der Waals surface area contributed by atoms with Crippen LogP contribution in [0.15, 0.2) is 12.1 Å². The molecule has 0 radical (unpaired) electrons. The Labute approximate surface area is 103 Å². The molecule has 0 aliphatic heterocycles. The van der Waals surface area contributed by atoms with Crippen molar-refractivity contribution in [3.05, 3.63) is 32.4 Å². The Morgan fingerprint density at radius 1 is 1.40 bits per heavy atom. The molecule has 1 aromatic carbocycles. The molecular formula is C9H4ClF3IN. The van der Waals surface area contributed by atoms with E-state index in [0.29, 0.717) is 9.13 Å². The molecular weight excluding hydrogens is 341 g/mol. The maximum absolute atomic E-state index is 12.5. The number of nitriles is 1. The van der Waals surface area contributed by atoms with Crippen molar-refractivity contribution in [1.82, 2.24) is 0 Å². The molecule has 0 aliphatic carbocycles. The Morgan fingerprint density at radius 3 is 2.40 bits per heavy atom. The van der Waals surface area contributed by atoms with Gasteiger partial charge in [-0.3, -0.25) is 0 Å². The van der Waals surface area contributed by atoms with Gasteiger partial charge in [-0.25, -0.2) is 0 Å². The first-order valence-corrected chi connectivity index (χ1v) is 5.37. The molecule has 0 spiro atoms. The van der Waals surface area contributed by atoms with Crippen LogP contribution in [0.2, 0.25) is 0 Å². The molecule has 80 valence electrons. The van der Waals surface area contributed by atoms with E-state index in [4.69, 9.17) is 16.9 Å². The fourth-order valence-electron chi connectivity index (χ4n) is 1.05. The third-order valence-electron chi connectivity index (χ3n) is 1.76. The van der Waals surface area contributed by atoms with Gasteiger partial charge < -0.3 is 0 Å². The van der Waals surface area contributed by atoms with Crippen LogP contribution in [0.3, 0.4) is 0 Å². The highest BCUT2D eigenvalue weighted by molar-refractivity contribution is 14.1. The quantitative estimate of drug-likeness (QED) is 0.559. The van der Waals surface area contributed by atoms with Crippen molar-refractivity contribution in [1.29, 1.82) is 5.26 Å². The summed E-state index contributed by atoms with van der Waals surface area (Å²) in [6, 6.07) is 3.65. The van der Waals surface area contributed by atoms with Gasteiger partial charge in [0.15, 0.2) is 0 Å². The number of alkyl halides is 4. The topological polar surface area (TPSA) is 23.8 Å². The van der Waals surface area contributed by atoms with E-state index < -0.39 is 11.7 Å². The zero-order valence-electron chi connectivity index (χ0n) is 7.20. The van der Waals surface area contributed by atoms with E-state index in [9.17, 15) is 13.2 Å². The van der Waals surface area contributed by atoms with Crippen molar-refractivity contribution in [2.45, 2.75) is 12.1 Å². The predicted octanol–water partition coefficient (Wildman–Crippen LogP) is 3.92. The van der Waals surface area contributed by atoms with Crippen LogP contribution < -0.4 is 0 Å². The highest BCUT2D eigenvalue weighted by Gasteiger charge is 2.34. The predicted molar refractivity (Wildman–Crippen MR) is 58.4 cm³/mol. The molecule has 15 heavy (non-hydrogen) atoms. The van der Waals surface area contributed by atoms with Crippen LogP contribution in [-0.2, 0) is 12.1 Å². The lowest BCUT2D eigenvalue weighted by Crippen LogP contribution is -2.09. The second kappa shape index (κ2) is 4.58. The van der Waals surface area contributed by atoms with Crippen LogP contribution in [0.5, 0.6) is 0 Å². The van der Waals surface area contributed by atoms with Crippen molar-refractivity contribution in [3.63, 3.8) is 0 Å². The Morgan fingerprint density at radius 2 is 2.00 bits per heavy atom. The van der Waals surface area contributed by atoms with Gasteiger partial charge in [-0.1, -0.05) is 0 Å². The molecule has 0 aliphatic rings. The lowest BCUT2D eigenvalue weighted by Gasteiger charge is -2.11. The maximum Gasteiger partial charge on any atom is 0.417 e. The van der Waals surface area contributed by atoms with Gasteiger partial charge in [0.05, 0.1) is 17.2 Å². The van der Waals surface area contributed by atoms with Crippen molar-refractivity contribution in [3.8, 4) is 6.07 Å². The summed E-state index contributed by atoms with van der Waals surface area (Å²) in [7, 11) is 0. The van der Waals surface area contributed by atoms with E-state index in [1.165, 1.54) is 12.1 Å². The molecule has 0 amide bonds. The molecule has 1 aromatic rings. The summed E-state index contributed by atoms with van der Waals surface area (Å²) >= 11 is 7.35. The second-order valence-corrected chi connectivity index (χ2v) is 4.16. The number of hydrogen-bond donors (Lipinski definition) is 0. The minimum atomic E-state index is -4.52. The third-order valence-corrected chi connectivity index (χ3v) is 3.05. The van der Waals surface area contributed by atoms with Crippen molar-refractivity contribution >= 4 is 34.2 Å². The van der Waals surface area contributed by atoms with E-state index >= 15 is 0 Å². The lowest BCUT2D eigenvalue weighted by molar-refractivity contribution is -0.137. The Kier molecular flexibility index (Phi) is 3.84. The summed E-state index contributed by atoms with van der Waals surface area (Å²) in [6.07, 6.45) is -4.52. The van der Waals surface area contributed by atoms with Crippen LogP contribution in [0, 0.1) is 14.9 Å². The standard InChI is InChI=1S/C9H4ClF3IN/c10-3-5-1-7(9(11,12)13)6(4-15)2-8(5)14/h1-2H,3H2. The van der Waals surface area contributed by atoms with Crippen LogP contribution >= 0.6 is 34.2 Å². The molecule has 0 saturated heterocycles. The Hall–Kier alpha value is -0.480. The summed E-state index contributed by atoms with van der Waals surface area (Å²) in [6.45, 7) is 0. The summed E-state index contributed by atoms with van der Waals surface area (Å²) in [5.41, 5.74) is -0.926. The Balaban J connectivity index is 3.44. The lowest BCUT2D eigenvalue weighted by atomic mass is 10.1. The van der Waals surface area contributed by atoms with Crippen LogP contribution in [0.25, 0.3) is 0 Å². The fraction of sp³-hybridized carbons (Fsp3) is 0.222. The molecule has 0 bridgehead atoms. The van der Waals surface area contributed by atoms with Gasteiger partial charge in [-0.05, 0) is 40.3 Å². The minimum absolute atomic E-state index is 0.00688. The summed E-state index contributed by atoms with van der Waals surface area (Å²) < 4.78 is 38.0. The molecule has 1 rings (SSSR count). The van der Waals surface area contributed by atoms with Gasteiger partial charge in [0.1, 0.15) is 0 Å². The molecule has 0 heterocycles. The van der Waals surface area contributed by atoms with Gasteiger partial charge in [0.2, 0.25) is 0 Å². The molecule has 6 heteroatoms. The van der Waals surface area contributed by atoms with E-state index in [0.717, 1.165) is 6.07 Å². The van der Waals surface area contributed by atoms with Gasteiger partial charge in [0, 0.05) is 9.45 Å². The average Bonchev–Trinajstić information content (AvgIpc) is 2.15. The highest BCUT2D eigenvalue weighted by atomic mass is 127. The fourth-order valence-corrected chi connectivity index (χ4v) is 2.15. The molecule has 0 atom stereocenters. The van der Waals surface area contributed by atoms with E-state index in [1.54, 1.807) is 0 Å². The SMILES string of the molecule is N#Cc1cc(I)c(CCl)cc1C(F)(F)F. The van der Waals surface area contributed by atoms with E-state index in [2.05, 4.69) is 0 Å². The third kappa shape index (κ3) is 2.75. The minimum Gasteiger partial charge on any atom is -0.192 e. The van der Waals surface area contributed by atoms with E-state index in [-0.39, 0.29) is 11.4 Å². The first kappa shape index (κ1) is 12.6. The van der Waals surface area contributed by atoms with Gasteiger partial charge in [-0.15, -0.1) is 11.6 Å². The summed E-state index contributed by atoms with van der Waals surface area (Å²) in [5, 5.41) is 8.58. The largest absolute Gasteiger partial charge is 0.417 e. The van der Waals surface area contributed by atoms with Crippen LogP contribution in [0.1, 0.15) is 16.7 Å². The zero-order valence-corrected chi connectivity index (χ0v) is 10.1. The molecule has 0 unspecified atom stereocenters. The summed E-state index contributed by atoms with van der Waals surface area (Å²) in [4.78, 5) is 0. The number of nitrogens with zero attached hydrogens (tertiary/aromatic N) is 1. The average molecular weight is 345 g/mol. The maximum atomic E-state index is 12.5. The normalized spacial score (nSPS) is 11.2. The molecule has 0 N–H and O–H groups in total. The monoisotopic (exact) mass is 345 g/mol. The zero-order chi connectivity index (χ0) is 11.6. The molecule has 0 fully saturated rings. The van der Waals surface area contributed by atoms with Crippen LogP contribution in [0.4, 0.5) is 13.2 Å². The van der Waals surface area contributed by atoms with Crippen molar-refractivity contribution in [2.24, 2.45) is 0 Å². The number of benzene rings is 1. The second-order valence-electron chi connectivity index (χ2n) is 2.73. The molecule has 0 aromatic heterocycles. The van der Waals surface area contributed by atoms with E-state index in [1.807, 2.05) is 22.6 Å². The number of rotatable bonds is 1. The van der Waals surface area contributed by atoms with Gasteiger partial charge in [0.25, 0.3) is 0 Å². The molecule has 1 nitrogen and oxygen atoms in total. The first-order chi connectivity index (χ1) is 6.90. The van der Waals surface area contributed by atoms with Crippen LogP contribution in [-0.4, -0.2) is 0 Å². The van der Waals surface area contributed by atoms with Crippen molar-refractivity contribution < 1.29 is 13.2 Å². The smallest absolute Gasteiger partial charge is 0.192 e. The summed E-state index contributed by atoms with van der Waals surface area (Å²) in [5.74, 6) is -0.00688. The number of hydrogen-bond acceptors (Lipinski definition) is 1. The number of halogens is 5. The highest BCUT2D eigenvalue weighted by Crippen LogP contribution is 2.34. The molecule has 0 saturated carbocycles. The first-order valence-electron chi connectivity index (χ1n) is 3.76. The van der Waals surface area contributed by atoms with Gasteiger partial charge >= 0.3 is 6.18 Å². The van der Waals surface area contributed by atoms with Gasteiger partial charge in [-0.2, -0.15) is 18.4 Å². The Bertz CT molecular complexity index is 423.